The number of hydrogen-bond donors (Lipinski definition) is 0. The molecular formula is C22H22N4O4. The Bertz CT molecular complexity index is 1030. The number of benzene rings is 1. The van der Waals surface area contributed by atoms with E-state index in [4.69, 9.17) is 14.2 Å². The summed E-state index contributed by atoms with van der Waals surface area (Å²) >= 11 is 0. The summed E-state index contributed by atoms with van der Waals surface area (Å²) in [4.78, 5) is 15.3. The molecule has 0 unspecified atom stereocenters. The molecule has 0 radical (unpaired) electrons. The summed E-state index contributed by atoms with van der Waals surface area (Å²) in [5, 5.41) is 18.4. The quantitative estimate of drug-likeness (QED) is 0.167. The third-order valence-corrected chi connectivity index (χ3v) is 4.29. The number of ether oxygens (including phenoxy) is 3. The molecule has 0 saturated carbocycles. The maximum Gasteiger partial charge on any atom is 0.260 e. The molecule has 30 heavy (non-hydrogen) atoms. The molecule has 8 heteroatoms. The number of aromatic nitrogens is 1. The van der Waals surface area contributed by atoms with Gasteiger partial charge in [0, 0.05) is 43.6 Å². The summed E-state index contributed by atoms with van der Waals surface area (Å²) in [6.07, 6.45) is 4.62. The Morgan fingerprint density at radius 2 is 1.67 bits per heavy atom. The number of rotatable bonds is 8. The molecule has 0 N–H and O–H groups in total. The predicted molar refractivity (Wildman–Crippen MR) is 113 cm³/mol. The molecule has 0 amide bonds. The smallest absolute Gasteiger partial charge is 0.260 e. The zero-order valence-electron chi connectivity index (χ0n) is 17.5. The molecule has 1 heterocycles. The molecule has 0 aliphatic heterocycles. The fourth-order valence-electron chi connectivity index (χ4n) is 2.72. The van der Waals surface area contributed by atoms with Crippen molar-refractivity contribution in [1.29, 1.82) is 5.26 Å². The van der Waals surface area contributed by atoms with E-state index in [0.29, 0.717) is 17.2 Å². The molecule has 0 fully saturated rings. The van der Waals surface area contributed by atoms with Crippen LogP contribution in [-0.2, 0) is 0 Å². The van der Waals surface area contributed by atoms with Gasteiger partial charge in [0.05, 0.1) is 26.9 Å². The average molecular weight is 406 g/mol. The van der Waals surface area contributed by atoms with Crippen LogP contribution in [0.25, 0.3) is 11.1 Å². The minimum Gasteiger partial charge on any atom is -0.762 e. The highest BCUT2D eigenvalue weighted by Crippen LogP contribution is 2.38. The van der Waals surface area contributed by atoms with Crippen LogP contribution in [0.1, 0.15) is 10.4 Å². The fourth-order valence-corrected chi connectivity index (χ4v) is 2.72. The highest BCUT2D eigenvalue weighted by Gasteiger charge is 2.26. The van der Waals surface area contributed by atoms with Gasteiger partial charge in [-0.25, -0.2) is 0 Å². The first kappa shape index (κ1) is 22.2. The van der Waals surface area contributed by atoms with E-state index in [-0.39, 0.29) is 16.8 Å². The van der Waals surface area contributed by atoms with Crippen LogP contribution < -0.4 is 23.7 Å². The number of carbonyl (C=O) groups is 1. The van der Waals surface area contributed by atoms with Crippen LogP contribution in [0.4, 0.5) is 5.69 Å². The lowest BCUT2D eigenvalue weighted by Crippen LogP contribution is -2.36. The molecule has 0 aliphatic rings. The van der Waals surface area contributed by atoms with E-state index in [9.17, 15) is 15.5 Å². The van der Waals surface area contributed by atoms with Gasteiger partial charge in [-0.15, -0.1) is 0 Å². The number of methoxy groups -OCH3 is 3. The number of allylic oxidation sites excluding steroid dienone is 3. The van der Waals surface area contributed by atoms with Crippen molar-refractivity contribution in [2.45, 2.75) is 0 Å². The number of nitrogens with zero attached hydrogens (tertiary/aromatic N) is 4. The van der Waals surface area contributed by atoms with E-state index in [0.717, 1.165) is 5.69 Å². The zero-order chi connectivity index (χ0) is 22.3. The molecule has 0 saturated heterocycles. The summed E-state index contributed by atoms with van der Waals surface area (Å²) in [7, 11) is 8.17. The first-order chi connectivity index (χ1) is 14.4. The molecular weight excluding hydrogens is 384 g/mol. The summed E-state index contributed by atoms with van der Waals surface area (Å²) in [6.45, 7) is 0. The summed E-state index contributed by atoms with van der Waals surface area (Å²) in [5.74, 6) is 2.34. The average Bonchev–Trinajstić information content (AvgIpc) is 2.78. The van der Waals surface area contributed by atoms with Crippen molar-refractivity contribution in [3.8, 4) is 23.3 Å². The minimum absolute atomic E-state index is 0.118. The topological polar surface area (TPSA) is 98.0 Å². The highest BCUT2D eigenvalue weighted by atomic mass is 16.5. The van der Waals surface area contributed by atoms with Gasteiger partial charge in [0.2, 0.25) is 5.75 Å². The number of nitriles is 1. The Kier molecular flexibility index (Phi) is 7.34. The van der Waals surface area contributed by atoms with Crippen molar-refractivity contribution in [3.05, 3.63) is 59.3 Å². The Balaban J connectivity index is 2.66. The van der Waals surface area contributed by atoms with Gasteiger partial charge in [-0.3, -0.25) is 10.7 Å². The number of hydrogen-bond acceptors (Lipinski definition) is 6. The second-order valence-electron chi connectivity index (χ2n) is 6.27. The van der Waals surface area contributed by atoms with E-state index in [1.807, 2.05) is 31.1 Å². The van der Waals surface area contributed by atoms with Crippen molar-refractivity contribution in [3.63, 3.8) is 0 Å². The van der Waals surface area contributed by atoms with E-state index < -0.39 is 5.78 Å². The second-order valence-corrected chi connectivity index (χ2v) is 6.27. The van der Waals surface area contributed by atoms with E-state index >= 15 is 0 Å². The largest absolute Gasteiger partial charge is 0.762 e. The van der Waals surface area contributed by atoms with Crippen molar-refractivity contribution < 1.29 is 23.6 Å². The summed E-state index contributed by atoms with van der Waals surface area (Å²) in [6, 6.07) is 8.45. The van der Waals surface area contributed by atoms with Crippen LogP contribution in [0.15, 0.2) is 48.3 Å². The molecule has 154 valence electrons. The van der Waals surface area contributed by atoms with Gasteiger partial charge in [-0.1, -0.05) is 0 Å². The minimum atomic E-state index is -0.431. The fraction of sp³-hybridized carbons (Fsp3) is 0.227. The van der Waals surface area contributed by atoms with Crippen LogP contribution in [0.3, 0.4) is 0 Å². The molecule has 0 aliphatic carbocycles. The Morgan fingerprint density at radius 1 is 1.10 bits per heavy atom. The lowest BCUT2D eigenvalue weighted by molar-refractivity contribution is -0.576. The van der Waals surface area contributed by atoms with Gasteiger partial charge in [0.15, 0.2) is 23.9 Å². The molecule has 0 atom stereocenters. The van der Waals surface area contributed by atoms with Crippen molar-refractivity contribution >= 4 is 23.0 Å². The van der Waals surface area contributed by atoms with E-state index in [1.54, 1.807) is 28.9 Å². The van der Waals surface area contributed by atoms with E-state index in [2.05, 4.69) is 0 Å². The van der Waals surface area contributed by atoms with Crippen LogP contribution >= 0.6 is 0 Å². The molecule has 1 aromatic heterocycles. The lowest BCUT2D eigenvalue weighted by atomic mass is 10.0. The second kappa shape index (κ2) is 9.92. The predicted octanol–water partition coefficient (Wildman–Crippen LogP) is 2.48. The van der Waals surface area contributed by atoms with Crippen LogP contribution in [0.5, 0.6) is 17.2 Å². The normalized spacial score (nSPS) is 10.5. The number of carbonyl (C=O) groups excluding carboxylic acids is 1. The maximum absolute atomic E-state index is 13.4. The standard InChI is InChI=1S/C22H22N4O4/c1-25(2)17-6-8-26(9-7-17)18(10-15(13-23)14-24)21(27)16-11-19(28-3)22(30-5)20(12-16)29-4/h6-12H,1-5H3/b18-10-. The van der Waals surface area contributed by atoms with Gasteiger partial charge in [0.25, 0.3) is 11.5 Å². The van der Waals surface area contributed by atoms with E-state index in [1.165, 1.54) is 39.5 Å². The zero-order valence-corrected chi connectivity index (χ0v) is 17.5. The third kappa shape index (κ3) is 4.66. The van der Waals surface area contributed by atoms with Gasteiger partial charge in [-0.05, 0) is 12.1 Å². The molecule has 2 rings (SSSR count). The van der Waals surface area contributed by atoms with Crippen LogP contribution in [0.2, 0.25) is 0 Å². The lowest BCUT2D eigenvalue weighted by Gasteiger charge is -2.14. The highest BCUT2D eigenvalue weighted by molar-refractivity contribution is 6.22. The van der Waals surface area contributed by atoms with Gasteiger partial charge in [0.1, 0.15) is 6.07 Å². The molecule has 2 aromatic rings. The monoisotopic (exact) mass is 406 g/mol. The Labute approximate surface area is 175 Å². The van der Waals surface area contributed by atoms with Gasteiger partial charge < -0.3 is 24.5 Å². The molecule has 0 bridgehead atoms. The first-order valence-corrected chi connectivity index (χ1v) is 8.82. The Morgan fingerprint density at radius 3 is 2.07 bits per heavy atom. The third-order valence-electron chi connectivity index (χ3n) is 4.29. The summed E-state index contributed by atoms with van der Waals surface area (Å²) < 4.78 is 17.5. The van der Waals surface area contributed by atoms with Crippen LogP contribution in [0, 0.1) is 11.3 Å². The molecule has 0 spiro atoms. The SMILES string of the molecule is COc1cc(C(=O)/C(=C/C(=C=[N-])C#N)[n+]2ccc(N(C)C)cc2)cc(OC)c1OC. The van der Waals surface area contributed by atoms with Gasteiger partial charge >= 0.3 is 0 Å². The Hall–Kier alpha value is -4.08. The molecule has 8 nitrogen and oxygen atoms in total. The number of ketones is 1. The van der Waals surface area contributed by atoms with Gasteiger partial charge in [-0.2, -0.15) is 9.83 Å². The van der Waals surface area contributed by atoms with Crippen molar-refractivity contribution in [1.82, 2.24) is 0 Å². The summed E-state index contributed by atoms with van der Waals surface area (Å²) in [5.41, 5.74) is 1.09. The number of anilines is 1. The first-order valence-electron chi connectivity index (χ1n) is 8.82. The maximum atomic E-state index is 13.4. The van der Waals surface area contributed by atoms with Crippen molar-refractivity contribution in [2.24, 2.45) is 0 Å². The number of Topliss-reactive ketones (excluding diaryl/α,β-unsaturated/α-hetero) is 1. The van der Waals surface area contributed by atoms with Crippen molar-refractivity contribution in [2.75, 3.05) is 40.3 Å². The number of pyridine rings is 1. The van der Waals surface area contributed by atoms with Crippen LogP contribution in [-0.4, -0.2) is 47.1 Å². The molecule has 1 aromatic carbocycles.